The van der Waals surface area contributed by atoms with Crippen molar-refractivity contribution in [3.05, 3.63) is 29.6 Å². The summed E-state index contributed by atoms with van der Waals surface area (Å²) in [6.45, 7) is 0.944. The molecule has 0 fully saturated rings. The first kappa shape index (κ1) is 14.8. The zero-order valence-electron chi connectivity index (χ0n) is 9.97. The van der Waals surface area contributed by atoms with E-state index in [1.54, 1.807) is 6.92 Å². The fourth-order valence-electron chi connectivity index (χ4n) is 1.77. The van der Waals surface area contributed by atoms with E-state index in [1.807, 2.05) is 0 Å². The third-order valence-electron chi connectivity index (χ3n) is 2.29. The predicted molar refractivity (Wildman–Crippen MR) is 59.7 cm³/mol. The van der Waals surface area contributed by atoms with Gasteiger partial charge >= 0.3 is 6.18 Å². The zero-order valence-corrected chi connectivity index (χ0v) is 9.97. The van der Waals surface area contributed by atoms with Gasteiger partial charge in [0.15, 0.2) is 0 Å². The summed E-state index contributed by atoms with van der Waals surface area (Å²) in [7, 11) is 0. The minimum Gasteiger partial charge on any atom is -0.508 e. The normalized spacial score (nSPS) is 12.1. The summed E-state index contributed by atoms with van der Waals surface area (Å²) in [4.78, 5) is 1.17. The number of benzene rings is 1. The summed E-state index contributed by atoms with van der Waals surface area (Å²) in [5.74, 6) is -0.943. The second kappa shape index (κ2) is 6.04. The van der Waals surface area contributed by atoms with Gasteiger partial charge in [0.1, 0.15) is 11.6 Å². The Bertz CT molecular complexity index is 372. The average Bonchev–Trinajstić information content (AvgIpc) is 2.12. The Morgan fingerprint density at radius 1 is 1.22 bits per heavy atom. The van der Waals surface area contributed by atoms with Gasteiger partial charge in [-0.05, 0) is 30.7 Å². The number of phenolic OH excluding ortho intramolecular Hbond substituents is 1. The highest BCUT2D eigenvalue weighted by Gasteiger charge is 2.30. The van der Waals surface area contributed by atoms with Crippen molar-refractivity contribution >= 4 is 0 Å². The molecule has 6 heteroatoms. The first-order valence-corrected chi connectivity index (χ1v) is 5.57. The van der Waals surface area contributed by atoms with E-state index in [0.717, 1.165) is 12.1 Å². The van der Waals surface area contributed by atoms with Gasteiger partial charge in [0.05, 0.1) is 6.54 Å². The van der Waals surface area contributed by atoms with E-state index < -0.39 is 18.5 Å². The monoisotopic (exact) mass is 265 g/mol. The molecule has 0 atom stereocenters. The summed E-state index contributed by atoms with van der Waals surface area (Å²) < 4.78 is 50.0. The van der Waals surface area contributed by atoms with Crippen LogP contribution in [-0.4, -0.2) is 29.3 Å². The van der Waals surface area contributed by atoms with Crippen LogP contribution in [0.3, 0.4) is 0 Å². The molecule has 0 unspecified atom stereocenters. The number of halogens is 4. The standard InChI is InChI=1S/C12H15F4NO/c1-2-3-17(8-12(14,15)16)7-9-4-10(13)6-11(18)5-9/h4-6,18H,2-3,7-8H2,1H3. The van der Waals surface area contributed by atoms with Crippen LogP contribution < -0.4 is 0 Å². The van der Waals surface area contributed by atoms with Crippen molar-refractivity contribution in [3.8, 4) is 5.75 Å². The average molecular weight is 265 g/mol. The molecule has 1 aromatic rings. The lowest BCUT2D eigenvalue weighted by Crippen LogP contribution is -2.34. The lowest BCUT2D eigenvalue weighted by atomic mass is 10.2. The lowest BCUT2D eigenvalue weighted by molar-refractivity contribution is -0.147. The van der Waals surface area contributed by atoms with Crippen LogP contribution in [0, 0.1) is 5.82 Å². The van der Waals surface area contributed by atoms with Crippen LogP contribution in [0.1, 0.15) is 18.9 Å². The van der Waals surface area contributed by atoms with E-state index in [4.69, 9.17) is 0 Å². The topological polar surface area (TPSA) is 23.5 Å². The van der Waals surface area contributed by atoms with Gasteiger partial charge in [0.2, 0.25) is 0 Å². The van der Waals surface area contributed by atoms with Crippen molar-refractivity contribution in [2.75, 3.05) is 13.1 Å². The van der Waals surface area contributed by atoms with Gasteiger partial charge in [-0.2, -0.15) is 13.2 Å². The quantitative estimate of drug-likeness (QED) is 0.826. The molecule has 0 spiro atoms. The van der Waals surface area contributed by atoms with Gasteiger partial charge in [0.25, 0.3) is 0 Å². The first-order valence-electron chi connectivity index (χ1n) is 5.57. The highest BCUT2D eigenvalue weighted by Crippen LogP contribution is 2.20. The molecule has 1 rings (SSSR count). The number of alkyl halides is 3. The Labute approximate surface area is 103 Å². The molecule has 0 saturated heterocycles. The van der Waals surface area contributed by atoms with Gasteiger partial charge < -0.3 is 5.11 Å². The van der Waals surface area contributed by atoms with Crippen LogP contribution in [0.15, 0.2) is 18.2 Å². The molecule has 0 aromatic heterocycles. The van der Waals surface area contributed by atoms with Gasteiger partial charge in [-0.3, -0.25) is 4.90 Å². The van der Waals surface area contributed by atoms with Gasteiger partial charge in [0, 0.05) is 12.6 Å². The van der Waals surface area contributed by atoms with Crippen molar-refractivity contribution < 1.29 is 22.7 Å². The predicted octanol–water partition coefficient (Wildman–Crippen LogP) is 3.31. The van der Waals surface area contributed by atoms with Crippen LogP contribution in [0.4, 0.5) is 17.6 Å². The second-order valence-corrected chi connectivity index (χ2v) is 4.14. The summed E-state index contributed by atoms with van der Waals surface area (Å²) in [6, 6.07) is 3.30. The molecule has 0 heterocycles. The summed E-state index contributed by atoms with van der Waals surface area (Å²) in [5, 5.41) is 9.19. The Hall–Kier alpha value is -1.30. The van der Waals surface area contributed by atoms with Crippen molar-refractivity contribution in [1.29, 1.82) is 0 Å². The third kappa shape index (κ3) is 5.35. The number of rotatable bonds is 5. The van der Waals surface area contributed by atoms with E-state index in [0.29, 0.717) is 12.0 Å². The van der Waals surface area contributed by atoms with Crippen molar-refractivity contribution in [3.63, 3.8) is 0 Å². The SMILES string of the molecule is CCCN(Cc1cc(O)cc(F)c1)CC(F)(F)F. The zero-order chi connectivity index (χ0) is 13.8. The molecular weight excluding hydrogens is 250 g/mol. The highest BCUT2D eigenvalue weighted by molar-refractivity contribution is 5.28. The smallest absolute Gasteiger partial charge is 0.401 e. The van der Waals surface area contributed by atoms with Crippen molar-refractivity contribution in [2.24, 2.45) is 0 Å². The lowest BCUT2D eigenvalue weighted by Gasteiger charge is -2.23. The summed E-state index contributed by atoms with van der Waals surface area (Å²) >= 11 is 0. The van der Waals surface area contributed by atoms with Gasteiger partial charge in [-0.1, -0.05) is 6.92 Å². The van der Waals surface area contributed by atoms with Crippen LogP contribution in [0.2, 0.25) is 0 Å². The third-order valence-corrected chi connectivity index (χ3v) is 2.29. The molecule has 1 aromatic carbocycles. The van der Waals surface area contributed by atoms with Gasteiger partial charge in [-0.15, -0.1) is 0 Å². The van der Waals surface area contributed by atoms with Crippen LogP contribution in [0.25, 0.3) is 0 Å². The number of hydrogen-bond donors (Lipinski definition) is 1. The molecule has 0 aliphatic rings. The van der Waals surface area contributed by atoms with Crippen molar-refractivity contribution in [1.82, 2.24) is 4.90 Å². The Morgan fingerprint density at radius 3 is 2.39 bits per heavy atom. The molecule has 2 nitrogen and oxygen atoms in total. The maximum absolute atomic E-state index is 13.0. The molecule has 0 amide bonds. The van der Waals surface area contributed by atoms with Gasteiger partial charge in [-0.25, -0.2) is 4.39 Å². The van der Waals surface area contributed by atoms with E-state index in [9.17, 15) is 22.7 Å². The van der Waals surface area contributed by atoms with Crippen LogP contribution >= 0.6 is 0 Å². The Kier molecular flexibility index (Phi) is 4.95. The minimum absolute atomic E-state index is 0.0430. The van der Waals surface area contributed by atoms with E-state index in [2.05, 4.69) is 0 Å². The van der Waals surface area contributed by atoms with Crippen LogP contribution in [0.5, 0.6) is 5.75 Å². The molecule has 1 N–H and O–H groups in total. The number of hydrogen-bond acceptors (Lipinski definition) is 2. The summed E-state index contributed by atoms with van der Waals surface area (Å²) in [6.07, 6.45) is -3.72. The molecule has 0 bridgehead atoms. The maximum atomic E-state index is 13.0. The molecule has 102 valence electrons. The van der Waals surface area contributed by atoms with E-state index in [-0.39, 0.29) is 18.8 Å². The second-order valence-electron chi connectivity index (χ2n) is 4.14. The fraction of sp³-hybridized carbons (Fsp3) is 0.500. The molecular formula is C12H15F4NO. The molecule has 0 saturated carbocycles. The molecule has 0 aliphatic heterocycles. The summed E-state index contributed by atoms with van der Waals surface area (Å²) in [5.41, 5.74) is 0.324. The number of aromatic hydroxyl groups is 1. The molecule has 18 heavy (non-hydrogen) atoms. The molecule has 0 radical (unpaired) electrons. The Balaban J connectivity index is 2.76. The Morgan fingerprint density at radius 2 is 1.89 bits per heavy atom. The fourth-order valence-corrected chi connectivity index (χ4v) is 1.77. The first-order chi connectivity index (χ1) is 8.30. The number of nitrogens with zero attached hydrogens (tertiary/aromatic N) is 1. The van der Waals surface area contributed by atoms with E-state index >= 15 is 0 Å². The van der Waals surface area contributed by atoms with Crippen molar-refractivity contribution in [2.45, 2.75) is 26.1 Å². The highest BCUT2D eigenvalue weighted by atomic mass is 19.4. The largest absolute Gasteiger partial charge is 0.508 e. The van der Waals surface area contributed by atoms with E-state index in [1.165, 1.54) is 11.0 Å². The number of phenols is 1. The van der Waals surface area contributed by atoms with Crippen LogP contribution in [-0.2, 0) is 6.54 Å². The molecule has 0 aliphatic carbocycles. The maximum Gasteiger partial charge on any atom is 0.401 e. The minimum atomic E-state index is -4.29.